The van der Waals surface area contributed by atoms with E-state index in [0.29, 0.717) is 11.3 Å². The Bertz CT molecular complexity index is 343. The van der Waals surface area contributed by atoms with Crippen LogP contribution < -0.4 is 4.74 Å². The Labute approximate surface area is 76.8 Å². The number of halogens is 1. The predicted octanol–water partition coefficient (Wildman–Crippen LogP) is 2.81. The van der Waals surface area contributed by atoms with E-state index in [1.165, 1.54) is 25.3 Å². The van der Waals surface area contributed by atoms with Gasteiger partial charge in [-0.15, -0.1) is 0 Å². The van der Waals surface area contributed by atoms with Gasteiger partial charge in [0.2, 0.25) is 6.04 Å². The van der Waals surface area contributed by atoms with Crippen molar-refractivity contribution in [2.24, 2.45) is 0 Å². The van der Waals surface area contributed by atoms with E-state index in [4.69, 9.17) is 11.3 Å². The quantitative estimate of drug-likeness (QED) is 0.636. The maximum absolute atomic E-state index is 12.8. The van der Waals surface area contributed by atoms with Crippen molar-refractivity contribution in [3.63, 3.8) is 0 Å². The van der Waals surface area contributed by atoms with Gasteiger partial charge in [0.25, 0.3) is 0 Å². The molecule has 0 aromatic heterocycles. The van der Waals surface area contributed by atoms with E-state index in [9.17, 15) is 4.39 Å². The van der Waals surface area contributed by atoms with Crippen LogP contribution in [0.2, 0.25) is 0 Å². The summed E-state index contributed by atoms with van der Waals surface area (Å²) in [5, 5.41) is 0. The van der Waals surface area contributed by atoms with Crippen LogP contribution in [0.1, 0.15) is 18.5 Å². The molecule has 0 spiro atoms. The van der Waals surface area contributed by atoms with E-state index in [-0.39, 0.29) is 11.9 Å². The summed E-state index contributed by atoms with van der Waals surface area (Å²) in [5.41, 5.74) is 0.595. The topological polar surface area (TPSA) is 13.6 Å². The first kappa shape index (κ1) is 9.53. The molecule has 2 nitrogen and oxygen atoms in total. The lowest BCUT2D eigenvalue weighted by Crippen LogP contribution is -1.94. The molecule has 0 bridgehead atoms. The van der Waals surface area contributed by atoms with Gasteiger partial charge >= 0.3 is 0 Å². The monoisotopic (exact) mass is 179 g/mol. The Balaban J connectivity index is 3.17. The molecular formula is C10H10FNO. The van der Waals surface area contributed by atoms with Crippen LogP contribution in [0.25, 0.3) is 4.85 Å². The van der Waals surface area contributed by atoms with Crippen LogP contribution in [-0.4, -0.2) is 7.11 Å². The zero-order chi connectivity index (χ0) is 9.84. The third-order valence-corrected chi connectivity index (χ3v) is 1.84. The van der Waals surface area contributed by atoms with Crippen molar-refractivity contribution in [1.29, 1.82) is 0 Å². The third-order valence-electron chi connectivity index (χ3n) is 1.84. The molecule has 0 saturated heterocycles. The average molecular weight is 179 g/mol. The highest BCUT2D eigenvalue weighted by molar-refractivity contribution is 5.37. The highest BCUT2D eigenvalue weighted by atomic mass is 19.1. The van der Waals surface area contributed by atoms with E-state index >= 15 is 0 Å². The van der Waals surface area contributed by atoms with Crippen LogP contribution >= 0.6 is 0 Å². The second kappa shape index (κ2) is 3.90. The summed E-state index contributed by atoms with van der Waals surface area (Å²) in [5.74, 6) is 0.219. The zero-order valence-corrected chi connectivity index (χ0v) is 7.54. The first-order valence-electron chi connectivity index (χ1n) is 3.89. The molecule has 1 unspecified atom stereocenters. The summed E-state index contributed by atoms with van der Waals surface area (Å²) in [6.45, 7) is 8.55. The van der Waals surface area contributed by atoms with E-state index in [1.807, 2.05) is 0 Å². The molecule has 0 aliphatic carbocycles. The summed E-state index contributed by atoms with van der Waals surface area (Å²) in [7, 11) is 1.51. The van der Waals surface area contributed by atoms with Gasteiger partial charge in [-0.1, -0.05) is 0 Å². The molecule has 0 N–H and O–H groups in total. The SMILES string of the molecule is [C-]#[N+]C(C)c1cc(F)ccc1OC. The standard InChI is InChI=1S/C10H10FNO/c1-7(12-2)9-6-8(11)4-5-10(9)13-3/h4-7H,1,3H3. The van der Waals surface area contributed by atoms with Crippen molar-refractivity contribution in [2.75, 3.05) is 7.11 Å². The van der Waals surface area contributed by atoms with Crippen LogP contribution in [0.4, 0.5) is 4.39 Å². The number of nitrogens with zero attached hydrogens (tertiary/aromatic N) is 1. The number of ether oxygens (including phenoxy) is 1. The number of hydrogen-bond donors (Lipinski definition) is 0. The second-order valence-electron chi connectivity index (χ2n) is 2.69. The van der Waals surface area contributed by atoms with Crippen molar-refractivity contribution in [3.8, 4) is 5.75 Å². The molecule has 0 aliphatic rings. The van der Waals surface area contributed by atoms with Crippen LogP contribution in [0.5, 0.6) is 5.75 Å². The van der Waals surface area contributed by atoms with Crippen molar-refractivity contribution in [3.05, 3.63) is 41.0 Å². The van der Waals surface area contributed by atoms with Gasteiger partial charge in [-0.25, -0.2) is 11.0 Å². The molecule has 1 rings (SSSR count). The van der Waals surface area contributed by atoms with E-state index in [2.05, 4.69) is 4.85 Å². The second-order valence-corrected chi connectivity index (χ2v) is 2.69. The zero-order valence-electron chi connectivity index (χ0n) is 7.54. The van der Waals surface area contributed by atoms with Gasteiger partial charge in [-0.2, -0.15) is 0 Å². The lowest BCUT2D eigenvalue weighted by Gasteiger charge is -2.06. The van der Waals surface area contributed by atoms with E-state index in [0.717, 1.165) is 0 Å². The predicted molar refractivity (Wildman–Crippen MR) is 48.0 cm³/mol. The molecule has 0 saturated carbocycles. The number of rotatable bonds is 2. The fraction of sp³-hybridized carbons (Fsp3) is 0.300. The van der Waals surface area contributed by atoms with Crippen molar-refractivity contribution in [1.82, 2.24) is 0 Å². The molecule has 0 fully saturated rings. The maximum atomic E-state index is 12.8. The number of benzene rings is 1. The summed E-state index contributed by atoms with van der Waals surface area (Å²) >= 11 is 0. The lowest BCUT2D eigenvalue weighted by molar-refractivity contribution is 0.407. The molecule has 68 valence electrons. The van der Waals surface area contributed by atoms with Crippen LogP contribution in [0.15, 0.2) is 18.2 Å². The van der Waals surface area contributed by atoms with Gasteiger partial charge in [0.15, 0.2) is 0 Å². The Morgan fingerprint density at radius 2 is 2.23 bits per heavy atom. The summed E-state index contributed by atoms with van der Waals surface area (Å²) < 4.78 is 17.8. The van der Waals surface area contributed by atoms with Crippen molar-refractivity contribution < 1.29 is 9.13 Å². The Morgan fingerprint density at radius 3 is 2.77 bits per heavy atom. The summed E-state index contributed by atoms with van der Waals surface area (Å²) in [6, 6.07) is 3.82. The molecule has 0 amide bonds. The Kier molecular flexibility index (Phi) is 2.86. The fourth-order valence-corrected chi connectivity index (χ4v) is 1.10. The third kappa shape index (κ3) is 1.97. The maximum Gasteiger partial charge on any atom is 0.249 e. The highest BCUT2D eigenvalue weighted by Gasteiger charge is 2.15. The number of methoxy groups -OCH3 is 1. The summed E-state index contributed by atoms with van der Waals surface area (Å²) in [6.07, 6.45) is 0. The van der Waals surface area contributed by atoms with Crippen LogP contribution in [0, 0.1) is 12.4 Å². The van der Waals surface area contributed by atoms with Crippen LogP contribution in [0.3, 0.4) is 0 Å². The normalized spacial score (nSPS) is 11.8. The molecule has 1 aromatic carbocycles. The van der Waals surface area contributed by atoms with Crippen molar-refractivity contribution in [2.45, 2.75) is 13.0 Å². The van der Waals surface area contributed by atoms with Gasteiger partial charge in [0.05, 0.1) is 12.7 Å². The molecule has 13 heavy (non-hydrogen) atoms. The van der Waals surface area contributed by atoms with Gasteiger partial charge < -0.3 is 9.58 Å². The molecule has 3 heteroatoms. The smallest absolute Gasteiger partial charge is 0.249 e. The highest BCUT2D eigenvalue weighted by Crippen LogP contribution is 2.27. The largest absolute Gasteiger partial charge is 0.496 e. The Morgan fingerprint density at radius 1 is 1.54 bits per heavy atom. The molecule has 1 aromatic rings. The molecule has 0 radical (unpaired) electrons. The summed E-state index contributed by atoms with van der Waals surface area (Å²) in [4.78, 5) is 3.31. The molecule has 0 aliphatic heterocycles. The number of hydrogen-bond acceptors (Lipinski definition) is 1. The Hall–Kier alpha value is -1.56. The minimum atomic E-state index is -0.370. The molecule has 0 heterocycles. The molecular weight excluding hydrogens is 169 g/mol. The van der Waals surface area contributed by atoms with Crippen LogP contribution in [-0.2, 0) is 0 Å². The first-order valence-corrected chi connectivity index (χ1v) is 3.89. The average Bonchev–Trinajstić information content (AvgIpc) is 2.16. The van der Waals surface area contributed by atoms with Crippen molar-refractivity contribution >= 4 is 0 Å². The lowest BCUT2D eigenvalue weighted by atomic mass is 10.1. The van der Waals surface area contributed by atoms with Gasteiger partial charge in [0.1, 0.15) is 11.6 Å². The van der Waals surface area contributed by atoms with Gasteiger partial charge in [-0.3, -0.25) is 0 Å². The van der Waals surface area contributed by atoms with Gasteiger partial charge in [0, 0.05) is 6.92 Å². The minimum absolute atomic E-state index is 0.341. The molecule has 1 atom stereocenters. The first-order chi connectivity index (χ1) is 6.19. The minimum Gasteiger partial charge on any atom is -0.496 e. The fourth-order valence-electron chi connectivity index (χ4n) is 1.10. The van der Waals surface area contributed by atoms with E-state index < -0.39 is 0 Å². The van der Waals surface area contributed by atoms with Gasteiger partial charge in [-0.05, 0) is 18.2 Å². The van der Waals surface area contributed by atoms with E-state index in [1.54, 1.807) is 6.92 Å².